The highest BCUT2D eigenvalue weighted by molar-refractivity contribution is 5.83. The Morgan fingerprint density at radius 1 is 0.941 bits per heavy atom. The summed E-state index contributed by atoms with van der Waals surface area (Å²) in [6.07, 6.45) is 3.07. The number of ether oxygens (including phenoxy) is 2. The summed E-state index contributed by atoms with van der Waals surface area (Å²) in [5, 5.41) is 0. The van der Waals surface area contributed by atoms with Crippen molar-refractivity contribution in [1.82, 2.24) is 0 Å². The topological polar surface area (TPSA) is 52.6 Å². The lowest BCUT2D eigenvalue weighted by atomic mass is 9.79. The first-order chi connectivity index (χ1) is 8.19. The molecule has 0 amide bonds. The van der Waals surface area contributed by atoms with Gasteiger partial charge in [-0.2, -0.15) is 0 Å². The Balaban J connectivity index is 2.11. The maximum Gasteiger partial charge on any atom is 0.310 e. The van der Waals surface area contributed by atoms with Crippen molar-refractivity contribution in [3.63, 3.8) is 0 Å². The number of hydrogen-bond acceptors (Lipinski definition) is 4. The first kappa shape index (κ1) is 12.4. The van der Waals surface area contributed by atoms with Crippen LogP contribution in [-0.4, -0.2) is 25.2 Å². The van der Waals surface area contributed by atoms with Gasteiger partial charge in [0, 0.05) is 0 Å². The average molecular weight is 240 g/mol. The third kappa shape index (κ3) is 2.17. The van der Waals surface area contributed by atoms with E-state index in [9.17, 15) is 9.59 Å². The Morgan fingerprint density at radius 2 is 1.35 bits per heavy atom. The van der Waals surface area contributed by atoms with E-state index in [4.69, 9.17) is 9.47 Å². The maximum absolute atomic E-state index is 11.9. The van der Waals surface area contributed by atoms with Gasteiger partial charge >= 0.3 is 11.9 Å². The summed E-state index contributed by atoms with van der Waals surface area (Å²) < 4.78 is 10.2. The molecule has 2 rings (SSSR count). The molecule has 96 valence electrons. The number of rotatable bonds is 4. The zero-order valence-electron chi connectivity index (χ0n) is 10.5. The van der Waals surface area contributed by atoms with E-state index in [1.54, 1.807) is 13.8 Å². The van der Waals surface area contributed by atoms with Gasteiger partial charge < -0.3 is 9.47 Å². The molecule has 2 unspecified atom stereocenters. The third-order valence-corrected chi connectivity index (χ3v) is 4.03. The second-order valence-electron chi connectivity index (χ2n) is 4.89. The van der Waals surface area contributed by atoms with Gasteiger partial charge in [0.25, 0.3) is 0 Å². The summed E-state index contributed by atoms with van der Waals surface area (Å²) in [6, 6.07) is 0. The number of carbonyl (C=O) groups is 2. The molecule has 4 nitrogen and oxygen atoms in total. The maximum atomic E-state index is 11.9. The van der Waals surface area contributed by atoms with Gasteiger partial charge in [0.2, 0.25) is 0 Å². The van der Waals surface area contributed by atoms with Crippen LogP contribution in [0.2, 0.25) is 0 Å². The van der Waals surface area contributed by atoms with E-state index >= 15 is 0 Å². The summed E-state index contributed by atoms with van der Waals surface area (Å²) in [5.74, 6) is -0.280. The minimum atomic E-state index is -0.257. The van der Waals surface area contributed by atoms with Crippen LogP contribution in [0.5, 0.6) is 0 Å². The van der Waals surface area contributed by atoms with E-state index in [2.05, 4.69) is 0 Å². The normalized spacial score (nSPS) is 34.7. The fourth-order valence-electron chi connectivity index (χ4n) is 3.45. The van der Waals surface area contributed by atoms with Crippen LogP contribution in [-0.2, 0) is 19.1 Å². The second-order valence-corrected chi connectivity index (χ2v) is 4.89. The Kier molecular flexibility index (Phi) is 3.69. The van der Waals surface area contributed by atoms with Gasteiger partial charge in [-0.1, -0.05) is 0 Å². The van der Waals surface area contributed by atoms with Gasteiger partial charge in [-0.15, -0.1) is 0 Å². The Morgan fingerprint density at radius 3 is 1.71 bits per heavy atom. The van der Waals surface area contributed by atoms with Crippen LogP contribution in [0, 0.1) is 23.7 Å². The molecule has 2 saturated carbocycles. The number of fused-ring (bicyclic) bond motifs is 2. The summed E-state index contributed by atoms with van der Waals surface area (Å²) in [4.78, 5) is 23.8. The predicted molar refractivity (Wildman–Crippen MR) is 61.1 cm³/mol. The van der Waals surface area contributed by atoms with Crippen LogP contribution in [0.1, 0.15) is 33.1 Å². The minimum Gasteiger partial charge on any atom is -0.466 e. The Labute approximate surface area is 102 Å². The molecule has 0 aromatic rings. The van der Waals surface area contributed by atoms with Crippen molar-refractivity contribution in [2.75, 3.05) is 13.2 Å². The lowest BCUT2D eigenvalue weighted by Gasteiger charge is -2.27. The molecule has 17 heavy (non-hydrogen) atoms. The van der Waals surface area contributed by atoms with Crippen LogP contribution in [0.4, 0.5) is 0 Å². The first-order valence-corrected chi connectivity index (χ1v) is 6.52. The van der Waals surface area contributed by atoms with Crippen LogP contribution in [0.25, 0.3) is 0 Å². The van der Waals surface area contributed by atoms with E-state index in [0.717, 1.165) is 19.3 Å². The molecule has 0 aliphatic heterocycles. The zero-order valence-corrected chi connectivity index (χ0v) is 10.5. The van der Waals surface area contributed by atoms with E-state index in [1.165, 1.54) is 0 Å². The summed E-state index contributed by atoms with van der Waals surface area (Å²) >= 11 is 0. The first-order valence-electron chi connectivity index (χ1n) is 6.52. The molecule has 4 heteroatoms. The molecule has 0 aromatic heterocycles. The standard InChI is InChI=1S/C13H20O4/c1-3-16-12(14)10-8-5-6-9(7-8)11(10)13(15)17-4-2/h8-11H,3-7H2,1-2H3/t8?,9?,10-,11-/m1/s1. The van der Waals surface area contributed by atoms with Crippen LogP contribution < -0.4 is 0 Å². The van der Waals surface area contributed by atoms with Crippen LogP contribution >= 0.6 is 0 Å². The molecule has 2 fully saturated rings. The molecule has 2 aliphatic carbocycles. The molecular formula is C13H20O4. The molecule has 0 N–H and O–H groups in total. The lowest BCUT2D eigenvalue weighted by Crippen LogP contribution is -2.36. The van der Waals surface area contributed by atoms with E-state index in [1.807, 2.05) is 0 Å². The smallest absolute Gasteiger partial charge is 0.310 e. The Hall–Kier alpha value is -1.06. The van der Waals surface area contributed by atoms with Crippen molar-refractivity contribution in [2.24, 2.45) is 23.7 Å². The van der Waals surface area contributed by atoms with Crippen molar-refractivity contribution in [3.8, 4) is 0 Å². The molecule has 0 spiro atoms. The van der Waals surface area contributed by atoms with E-state index in [0.29, 0.717) is 25.0 Å². The van der Waals surface area contributed by atoms with E-state index in [-0.39, 0.29) is 23.8 Å². The molecule has 0 heterocycles. The van der Waals surface area contributed by atoms with Gasteiger partial charge in [0.15, 0.2) is 0 Å². The molecule has 0 radical (unpaired) electrons. The van der Waals surface area contributed by atoms with Crippen molar-refractivity contribution < 1.29 is 19.1 Å². The quantitative estimate of drug-likeness (QED) is 0.703. The second kappa shape index (κ2) is 5.07. The largest absolute Gasteiger partial charge is 0.466 e. The van der Waals surface area contributed by atoms with E-state index < -0.39 is 0 Å². The highest BCUT2D eigenvalue weighted by Gasteiger charge is 2.55. The SMILES string of the molecule is CCOC(=O)[C@@H]1C2CCC(C2)[C@H]1C(=O)OCC. The van der Waals surface area contributed by atoms with Crippen molar-refractivity contribution >= 4 is 11.9 Å². The minimum absolute atomic E-state index is 0.210. The highest BCUT2D eigenvalue weighted by Crippen LogP contribution is 2.53. The molecule has 2 aliphatic rings. The number of esters is 2. The van der Waals surface area contributed by atoms with Crippen LogP contribution in [0.15, 0.2) is 0 Å². The Bertz CT molecular complexity index is 283. The third-order valence-electron chi connectivity index (χ3n) is 4.03. The van der Waals surface area contributed by atoms with Crippen molar-refractivity contribution in [1.29, 1.82) is 0 Å². The summed E-state index contributed by atoms with van der Waals surface area (Å²) in [7, 11) is 0. The summed E-state index contributed by atoms with van der Waals surface area (Å²) in [6.45, 7) is 4.35. The van der Waals surface area contributed by atoms with Crippen molar-refractivity contribution in [3.05, 3.63) is 0 Å². The van der Waals surface area contributed by atoms with Crippen LogP contribution in [0.3, 0.4) is 0 Å². The van der Waals surface area contributed by atoms with Gasteiger partial charge in [-0.3, -0.25) is 9.59 Å². The molecule has 0 aromatic carbocycles. The monoisotopic (exact) mass is 240 g/mol. The zero-order chi connectivity index (χ0) is 12.4. The fourth-order valence-corrected chi connectivity index (χ4v) is 3.45. The van der Waals surface area contributed by atoms with Gasteiger partial charge in [0.1, 0.15) is 0 Å². The highest BCUT2D eigenvalue weighted by atomic mass is 16.5. The van der Waals surface area contributed by atoms with Gasteiger partial charge in [0.05, 0.1) is 25.0 Å². The average Bonchev–Trinajstić information content (AvgIpc) is 2.89. The van der Waals surface area contributed by atoms with Gasteiger partial charge in [-0.05, 0) is 44.9 Å². The molecule has 2 bridgehead atoms. The molecule has 4 atom stereocenters. The van der Waals surface area contributed by atoms with Crippen molar-refractivity contribution in [2.45, 2.75) is 33.1 Å². The molecule has 0 saturated heterocycles. The molecular weight excluding hydrogens is 220 g/mol. The fraction of sp³-hybridized carbons (Fsp3) is 0.846. The van der Waals surface area contributed by atoms with Gasteiger partial charge in [-0.25, -0.2) is 0 Å². The predicted octanol–water partition coefficient (Wildman–Crippen LogP) is 1.77. The number of carbonyl (C=O) groups excluding carboxylic acids is 2. The number of hydrogen-bond donors (Lipinski definition) is 0. The lowest BCUT2D eigenvalue weighted by molar-refractivity contribution is -0.162. The summed E-state index contributed by atoms with van der Waals surface area (Å²) in [5.41, 5.74) is 0.